The summed E-state index contributed by atoms with van der Waals surface area (Å²) in [5.41, 5.74) is 1.91. The number of halogens is 3. The minimum Gasteiger partial charge on any atom is -0.342 e. The van der Waals surface area contributed by atoms with Crippen molar-refractivity contribution in [3.63, 3.8) is 0 Å². The minimum atomic E-state index is 0.500. The third-order valence-electron chi connectivity index (χ3n) is 2.63. The van der Waals surface area contributed by atoms with Gasteiger partial charge < -0.3 is 4.98 Å². The van der Waals surface area contributed by atoms with Crippen molar-refractivity contribution in [3.8, 4) is 11.4 Å². The highest BCUT2D eigenvalue weighted by Crippen LogP contribution is 2.28. The zero-order chi connectivity index (χ0) is 14.0. The summed E-state index contributed by atoms with van der Waals surface area (Å²) >= 11 is 20.7. The van der Waals surface area contributed by atoms with Gasteiger partial charge in [-0.15, -0.1) is 0 Å². The lowest BCUT2D eigenvalue weighted by Crippen LogP contribution is -1.98. The van der Waals surface area contributed by atoms with Gasteiger partial charge in [-0.05, 0) is 40.5 Å². The molecule has 2 aromatic rings. The lowest BCUT2D eigenvalue weighted by Gasteiger charge is -2.08. The van der Waals surface area contributed by atoms with Crippen molar-refractivity contribution in [1.82, 2.24) is 9.97 Å². The Morgan fingerprint density at radius 3 is 2.68 bits per heavy atom. The highest BCUT2D eigenvalue weighted by atomic mass is 79.9. The molecule has 0 amide bonds. The molecule has 0 aliphatic carbocycles. The molecule has 1 heterocycles. The van der Waals surface area contributed by atoms with E-state index in [0.717, 1.165) is 28.6 Å². The zero-order valence-electron chi connectivity index (χ0n) is 10.1. The normalized spacial score (nSPS) is 10.7. The molecule has 1 aromatic heterocycles. The van der Waals surface area contributed by atoms with E-state index in [1.165, 1.54) is 0 Å². The van der Waals surface area contributed by atoms with Crippen LogP contribution in [0.5, 0.6) is 0 Å². The van der Waals surface area contributed by atoms with Crippen LogP contribution in [-0.4, -0.2) is 9.97 Å². The van der Waals surface area contributed by atoms with Crippen LogP contribution in [0.15, 0.2) is 22.7 Å². The summed E-state index contributed by atoms with van der Waals surface area (Å²) in [7, 11) is 0. The van der Waals surface area contributed by atoms with Crippen molar-refractivity contribution in [2.24, 2.45) is 0 Å². The second kappa shape index (κ2) is 6.35. The van der Waals surface area contributed by atoms with E-state index >= 15 is 0 Å². The van der Waals surface area contributed by atoms with Gasteiger partial charge in [0.1, 0.15) is 10.5 Å². The number of nitrogens with one attached hydrogen (secondary N) is 1. The summed E-state index contributed by atoms with van der Waals surface area (Å²) in [4.78, 5) is 7.66. The maximum Gasteiger partial charge on any atom is 0.144 e. The fourth-order valence-corrected chi connectivity index (χ4v) is 2.61. The van der Waals surface area contributed by atoms with Crippen LogP contribution in [0.2, 0.25) is 10.0 Å². The molecule has 0 fully saturated rings. The van der Waals surface area contributed by atoms with E-state index in [1.807, 2.05) is 6.07 Å². The highest BCUT2D eigenvalue weighted by Gasteiger charge is 2.09. The molecule has 1 N–H and O–H groups in total. The van der Waals surface area contributed by atoms with Gasteiger partial charge in [0.05, 0.1) is 14.5 Å². The Bertz CT molecular complexity index is 670. The predicted molar refractivity (Wildman–Crippen MR) is 86.6 cm³/mol. The Balaban J connectivity index is 2.56. The summed E-state index contributed by atoms with van der Waals surface area (Å²) in [6.07, 6.45) is 1.93. The van der Waals surface area contributed by atoms with Gasteiger partial charge in [0.25, 0.3) is 0 Å². The van der Waals surface area contributed by atoms with Gasteiger partial charge in [-0.1, -0.05) is 48.8 Å². The average Bonchev–Trinajstić information content (AvgIpc) is 2.38. The van der Waals surface area contributed by atoms with Gasteiger partial charge in [-0.2, -0.15) is 0 Å². The fraction of sp³-hybridized carbons (Fsp3) is 0.231. The van der Waals surface area contributed by atoms with Crippen molar-refractivity contribution in [2.45, 2.75) is 19.8 Å². The second-order valence-electron chi connectivity index (χ2n) is 4.06. The topological polar surface area (TPSA) is 28.7 Å². The number of benzene rings is 1. The molecule has 0 bridgehead atoms. The van der Waals surface area contributed by atoms with Gasteiger partial charge in [0.15, 0.2) is 0 Å². The van der Waals surface area contributed by atoms with Crippen molar-refractivity contribution in [1.29, 1.82) is 0 Å². The van der Waals surface area contributed by atoms with Gasteiger partial charge in [-0.25, -0.2) is 4.98 Å². The number of hydrogen-bond donors (Lipinski definition) is 1. The van der Waals surface area contributed by atoms with Crippen LogP contribution in [0, 0.1) is 4.64 Å². The third-order valence-corrected chi connectivity index (χ3v) is 4.78. The van der Waals surface area contributed by atoms with E-state index in [4.69, 9.17) is 35.4 Å². The molecule has 0 spiro atoms. The molecule has 1 aromatic carbocycles. The van der Waals surface area contributed by atoms with Crippen LogP contribution < -0.4 is 0 Å². The van der Waals surface area contributed by atoms with Crippen molar-refractivity contribution >= 4 is 51.3 Å². The van der Waals surface area contributed by atoms with Gasteiger partial charge in [0.2, 0.25) is 0 Å². The van der Waals surface area contributed by atoms with E-state index in [-0.39, 0.29) is 0 Å². The molecule has 2 nitrogen and oxygen atoms in total. The first-order valence-corrected chi connectivity index (χ1v) is 7.72. The quantitative estimate of drug-likeness (QED) is 0.681. The maximum absolute atomic E-state index is 6.03. The van der Waals surface area contributed by atoms with Crippen LogP contribution in [0.25, 0.3) is 11.4 Å². The molecule has 0 unspecified atom stereocenters. The van der Waals surface area contributed by atoms with E-state index in [9.17, 15) is 0 Å². The number of aromatic amines is 1. The summed E-state index contributed by atoms with van der Waals surface area (Å²) in [6.45, 7) is 2.11. The number of H-pyrrole nitrogens is 1. The lowest BCUT2D eigenvalue weighted by atomic mass is 10.2. The second-order valence-corrected chi connectivity index (χ2v) is 6.06. The first-order chi connectivity index (χ1) is 9.02. The van der Waals surface area contributed by atoms with E-state index in [1.54, 1.807) is 12.1 Å². The standard InChI is InChI=1S/C13H11BrCl2N2S/c1-2-3-10-11(14)13(19)18-12(17-10)7-4-5-8(15)9(16)6-7/h4-6H,2-3H2,1H3,(H,17,18,19). The minimum absolute atomic E-state index is 0.500. The Labute approximate surface area is 135 Å². The number of rotatable bonds is 3. The number of aryl methyl sites for hydroxylation is 1. The molecule has 0 radical (unpaired) electrons. The molecule has 0 aliphatic rings. The molecule has 19 heavy (non-hydrogen) atoms. The maximum atomic E-state index is 6.03. The van der Waals surface area contributed by atoms with Crippen LogP contribution >= 0.6 is 51.3 Å². The molecule has 6 heteroatoms. The van der Waals surface area contributed by atoms with Crippen molar-refractivity contribution in [3.05, 3.63) is 43.1 Å². The Kier molecular flexibility index (Phi) is 5.01. The molecule has 0 saturated carbocycles. The first-order valence-electron chi connectivity index (χ1n) is 5.77. The Morgan fingerprint density at radius 2 is 2.05 bits per heavy atom. The smallest absolute Gasteiger partial charge is 0.144 e. The zero-order valence-corrected chi connectivity index (χ0v) is 14.0. The fourth-order valence-electron chi connectivity index (χ4n) is 1.71. The molecule has 0 saturated heterocycles. The molecule has 100 valence electrons. The Morgan fingerprint density at radius 1 is 1.32 bits per heavy atom. The van der Waals surface area contributed by atoms with Crippen LogP contribution in [0.3, 0.4) is 0 Å². The number of hydrogen-bond acceptors (Lipinski definition) is 2. The summed E-state index contributed by atoms with van der Waals surface area (Å²) in [5, 5.41) is 1.02. The summed E-state index contributed by atoms with van der Waals surface area (Å²) in [6, 6.07) is 5.39. The third kappa shape index (κ3) is 3.37. The van der Waals surface area contributed by atoms with Crippen molar-refractivity contribution < 1.29 is 0 Å². The van der Waals surface area contributed by atoms with E-state index in [0.29, 0.717) is 20.5 Å². The Hall–Kier alpha value is -0.420. The average molecular weight is 378 g/mol. The van der Waals surface area contributed by atoms with Gasteiger partial charge in [0, 0.05) is 11.3 Å². The van der Waals surface area contributed by atoms with Crippen molar-refractivity contribution in [2.75, 3.05) is 0 Å². The van der Waals surface area contributed by atoms with E-state index < -0.39 is 0 Å². The summed E-state index contributed by atoms with van der Waals surface area (Å²) < 4.78 is 1.40. The summed E-state index contributed by atoms with van der Waals surface area (Å²) in [5.74, 6) is 0.704. The van der Waals surface area contributed by atoms with Crippen LogP contribution in [0.4, 0.5) is 0 Å². The molecule has 0 atom stereocenters. The van der Waals surface area contributed by atoms with Crippen LogP contribution in [-0.2, 0) is 6.42 Å². The predicted octanol–water partition coefficient (Wildman–Crippen LogP) is 5.83. The molecular formula is C13H11BrCl2N2S. The SMILES string of the molecule is CCCc1[nH]c(-c2ccc(Cl)c(Cl)c2)nc(=S)c1Br. The molecule has 0 aliphatic heterocycles. The number of nitrogens with zero attached hydrogens (tertiary/aromatic N) is 1. The molecule has 2 rings (SSSR count). The van der Waals surface area contributed by atoms with E-state index in [2.05, 4.69) is 32.8 Å². The lowest BCUT2D eigenvalue weighted by molar-refractivity contribution is 0.865. The monoisotopic (exact) mass is 376 g/mol. The highest BCUT2D eigenvalue weighted by molar-refractivity contribution is 9.10. The van der Waals surface area contributed by atoms with Gasteiger partial charge >= 0.3 is 0 Å². The van der Waals surface area contributed by atoms with Crippen LogP contribution in [0.1, 0.15) is 19.0 Å². The van der Waals surface area contributed by atoms with Gasteiger partial charge in [-0.3, -0.25) is 0 Å². The number of aromatic nitrogens is 2. The largest absolute Gasteiger partial charge is 0.342 e. The molecular weight excluding hydrogens is 367 g/mol. The first kappa shape index (κ1) is 15.0.